The molecule has 2 unspecified atom stereocenters. The molecular formula is C15H25ClN2. The summed E-state index contributed by atoms with van der Waals surface area (Å²) in [7, 11) is 0. The van der Waals surface area contributed by atoms with E-state index in [4.69, 9.17) is 17.3 Å². The molecule has 0 saturated carbocycles. The van der Waals surface area contributed by atoms with E-state index in [-0.39, 0.29) is 12.1 Å². The second-order valence-electron chi connectivity index (χ2n) is 5.31. The smallest absolute Gasteiger partial charge is 0.0511 e. The highest BCUT2D eigenvalue weighted by Gasteiger charge is 2.25. The lowest BCUT2D eigenvalue weighted by atomic mass is 9.98. The Balaban J connectivity index is 3.05. The van der Waals surface area contributed by atoms with E-state index in [2.05, 4.69) is 38.7 Å². The van der Waals surface area contributed by atoms with Gasteiger partial charge in [0, 0.05) is 17.6 Å². The molecule has 0 aliphatic carbocycles. The van der Waals surface area contributed by atoms with Gasteiger partial charge in [-0.15, -0.1) is 0 Å². The Morgan fingerprint density at radius 3 is 2.28 bits per heavy atom. The predicted molar refractivity (Wildman–Crippen MR) is 79.9 cm³/mol. The van der Waals surface area contributed by atoms with Crippen LogP contribution in [0.3, 0.4) is 0 Å². The number of hydrogen-bond acceptors (Lipinski definition) is 2. The molecule has 2 nitrogen and oxygen atoms in total. The van der Waals surface area contributed by atoms with Gasteiger partial charge in [0.05, 0.1) is 6.04 Å². The fourth-order valence-electron chi connectivity index (χ4n) is 2.44. The lowest BCUT2D eigenvalue weighted by Crippen LogP contribution is -2.41. The maximum Gasteiger partial charge on any atom is 0.0511 e. The van der Waals surface area contributed by atoms with Gasteiger partial charge in [0.25, 0.3) is 0 Å². The highest BCUT2D eigenvalue weighted by molar-refractivity contribution is 6.31. The van der Waals surface area contributed by atoms with Crippen LogP contribution in [0, 0.1) is 5.92 Å². The Kier molecular flexibility index (Phi) is 6.13. The molecule has 18 heavy (non-hydrogen) atoms. The molecule has 1 aromatic rings. The van der Waals surface area contributed by atoms with Crippen molar-refractivity contribution < 1.29 is 0 Å². The Morgan fingerprint density at radius 1 is 1.22 bits per heavy atom. The van der Waals surface area contributed by atoms with Crippen LogP contribution in [0.25, 0.3) is 0 Å². The Labute approximate surface area is 116 Å². The van der Waals surface area contributed by atoms with Crippen molar-refractivity contribution in [3.05, 3.63) is 34.9 Å². The lowest BCUT2D eigenvalue weighted by molar-refractivity contribution is 0.166. The molecule has 0 spiro atoms. The zero-order valence-electron chi connectivity index (χ0n) is 11.9. The monoisotopic (exact) mass is 268 g/mol. The van der Waals surface area contributed by atoms with Gasteiger partial charge in [-0.25, -0.2) is 0 Å². The normalized spacial score (nSPS) is 15.1. The minimum atomic E-state index is 0.0589. The number of nitrogens with zero attached hydrogens (tertiary/aromatic N) is 1. The summed E-state index contributed by atoms with van der Waals surface area (Å²) in [6.45, 7) is 10.7. The fourth-order valence-corrected chi connectivity index (χ4v) is 2.68. The first-order chi connectivity index (χ1) is 8.47. The molecule has 2 atom stereocenters. The molecule has 0 radical (unpaired) electrons. The maximum atomic E-state index is 6.32. The van der Waals surface area contributed by atoms with Crippen LogP contribution in [-0.2, 0) is 0 Å². The zero-order chi connectivity index (χ0) is 13.7. The molecule has 1 aromatic carbocycles. The minimum absolute atomic E-state index is 0.0589. The van der Waals surface area contributed by atoms with Gasteiger partial charge < -0.3 is 5.73 Å². The Bertz CT molecular complexity index is 363. The van der Waals surface area contributed by atoms with Crippen LogP contribution in [0.5, 0.6) is 0 Å². The van der Waals surface area contributed by atoms with E-state index < -0.39 is 0 Å². The van der Waals surface area contributed by atoms with Gasteiger partial charge in [0.1, 0.15) is 0 Å². The number of benzene rings is 1. The first-order valence-corrected chi connectivity index (χ1v) is 7.09. The largest absolute Gasteiger partial charge is 0.326 e. The SMILES string of the molecule is CCN(CC(C)C)C(c1ccccc1Cl)C(C)N. The van der Waals surface area contributed by atoms with Crippen molar-refractivity contribution in [3.63, 3.8) is 0 Å². The molecule has 102 valence electrons. The van der Waals surface area contributed by atoms with Gasteiger partial charge in [0.15, 0.2) is 0 Å². The first-order valence-electron chi connectivity index (χ1n) is 6.71. The van der Waals surface area contributed by atoms with Crippen molar-refractivity contribution in [3.8, 4) is 0 Å². The van der Waals surface area contributed by atoms with Crippen molar-refractivity contribution in [2.45, 2.75) is 39.8 Å². The van der Waals surface area contributed by atoms with E-state index >= 15 is 0 Å². The second-order valence-corrected chi connectivity index (χ2v) is 5.71. The van der Waals surface area contributed by atoms with E-state index in [0.29, 0.717) is 5.92 Å². The summed E-state index contributed by atoms with van der Waals surface area (Å²) in [6, 6.07) is 8.26. The molecule has 0 heterocycles. The topological polar surface area (TPSA) is 29.3 Å². The molecule has 1 rings (SSSR count). The summed E-state index contributed by atoms with van der Waals surface area (Å²) in [5.41, 5.74) is 7.33. The molecule has 2 N–H and O–H groups in total. The summed E-state index contributed by atoms with van der Waals surface area (Å²) in [5, 5.41) is 0.807. The number of rotatable bonds is 6. The summed E-state index contributed by atoms with van der Waals surface area (Å²) in [6.07, 6.45) is 0. The molecular weight excluding hydrogens is 244 g/mol. The van der Waals surface area contributed by atoms with Gasteiger partial charge in [-0.05, 0) is 31.0 Å². The van der Waals surface area contributed by atoms with Gasteiger partial charge in [0.2, 0.25) is 0 Å². The van der Waals surface area contributed by atoms with Crippen molar-refractivity contribution in [2.24, 2.45) is 11.7 Å². The maximum absolute atomic E-state index is 6.32. The van der Waals surface area contributed by atoms with E-state index in [1.54, 1.807) is 0 Å². The van der Waals surface area contributed by atoms with Crippen molar-refractivity contribution in [1.82, 2.24) is 4.90 Å². The van der Waals surface area contributed by atoms with Crippen LogP contribution in [0.15, 0.2) is 24.3 Å². The van der Waals surface area contributed by atoms with Crippen LogP contribution >= 0.6 is 11.6 Å². The highest BCUT2D eigenvalue weighted by Crippen LogP contribution is 2.29. The van der Waals surface area contributed by atoms with E-state index in [1.165, 1.54) is 0 Å². The van der Waals surface area contributed by atoms with E-state index in [9.17, 15) is 0 Å². The molecule has 0 amide bonds. The summed E-state index contributed by atoms with van der Waals surface area (Å²) in [5.74, 6) is 0.619. The van der Waals surface area contributed by atoms with Crippen LogP contribution in [-0.4, -0.2) is 24.0 Å². The average molecular weight is 269 g/mol. The van der Waals surface area contributed by atoms with Gasteiger partial charge >= 0.3 is 0 Å². The first kappa shape index (κ1) is 15.5. The fraction of sp³-hybridized carbons (Fsp3) is 0.600. The quantitative estimate of drug-likeness (QED) is 0.852. The van der Waals surface area contributed by atoms with E-state index in [0.717, 1.165) is 23.7 Å². The zero-order valence-corrected chi connectivity index (χ0v) is 12.6. The van der Waals surface area contributed by atoms with Crippen LogP contribution < -0.4 is 5.73 Å². The Morgan fingerprint density at radius 2 is 1.83 bits per heavy atom. The van der Waals surface area contributed by atoms with Crippen LogP contribution in [0.2, 0.25) is 5.02 Å². The molecule has 0 aliphatic heterocycles. The molecule has 0 bridgehead atoms. The molecule has 0 saturated heterocycles. The van der Waals surface area contributed by atoms with Gasteiger partial charge in [-0.1, -0.05) is 50.6 Å². The summed E-state index contributed by atoms with van der Waals surface area (Å²) >= 11 is 6.32. The van der Waals surface area contributed by atoms with E-state index in [1.807, 2.05) is 18.2 Å². The molecule has 0 aromatic heterocycles. The number of hydrogen-bond donors (Lipinski definition) is 1. The van der Waals surface area contributed by atoms with Crippen molar-refractivity contribution in [1.29, 1.82) is 0 Å². The van der Waals surface area contributed by atoms with Crippen LogP contribution in [0.1, 0.15) is 39.3 Å². The van der Waals surface area contributed by atoms with Gasteiger partial charge in [-0.2, -0.15) is 0 Å². The van der Waals surface area contributed by atoms with Crippen LogP contribution in [0.4, 0.5) is 0 Å². The average Bonchev–Trinajstić information content (AvgIpc) is 2.29. The third kappa shape index (κ3) is 3.98. The molecule has 3 heteroatoms. The predicted octanol–water partition coefficient (Wildman–Crippen LogP) is 3.71. The number of likely N-dealkylation sites (N-methyl/N-ethyl adjacent to an activating group) is 1. The lowest BCUT2D eigenvalue weighted by Gasteiger charge is -2.35. The summed E-state index contributed by atoms with van der Waals surface area (Å²) < 4.78 is 0. The summed E-state index contributed by atoms with van der Waals surface area (Å²) in [4.78, 5) is 2.41. The number of nitrogens with two attached hydrogens (primary N) is 1. The third-order valence-electron chi connectivity index (χ3n) is 3.12. The molecule has 0 aliphatic rings. The van der Waals surface area contributed by atoms with Crippen molar-refractivity contribution in [2.75, 3.05) is 13.1 Å². The van der Waals surface area contributed by atoms with Crippen molar-refractivity contribution >= 4 is 11.6 Å². The van der Waals surface area contributed by atoms with Gasteiger partial charge in [-0.3, -0.25) is 4.90 Å². The second kappa shape index (κ2) is 7.13. The number of halogens is 1. The minimum Gasteiger partial charge on any atom is -0.326 e. The Hall–Kier alpha value is -0.570. The third-order valence-corrected chi connectivity index (χ3v) is 3.47. The molecule has 0 fully saturated rings. The standard InChI is InChI=1S/C15H25ClN2/c1-5-18(10-11(2)3)15(12(4)17)13-8-6-7-9-14(13)16/h6-9,11-12,15H,5,10,17H2,1-4H3. The highest BCUT2D eigenvalue weighted by atomic mass is 35.5.